The Morgan fingerprint density at radius 1 is 1.00 bits per heavy atom. The molecule has 2 aromatic rings. The number of hydrogen-bond acceptors (Lipinski definition) is 3. The van der Waals surface area contributed by atoms with E-state index in [2.05, 4.69) is 31.6 Å². The maximum atomic E-state index is 13.4. The van der Waals surface area contributed by atoms with E-state index in [1.165, 1.54) is 12.1 Å². The molecule has 2 N–H and O–H groups in total. The quantitative estimate of drug-likeness (QED) is 0.566. The predicted molar refractivity (Wildman–Crippen MR) is 101 cm³/mol. The standard InChI is InChI=1S/C18H21BrFN3O2/c1-21-18(23-11-13-6-14(19)9-15(20)7-13)22-10-12-4-5-16(24-2)17(8-12)25-3/h4-9H,10-11H2,1-3H3,(H2,21,22,23). The molecule has 0 amide bonds. The summed E-state index contributed by atoms with van der Waals surface area (Å²) in [5, 5.41) is 6.37. The molecule has 0 heterocycles. The first-order chi connectivity index (χ1) is 12.0. The van der Waals surface area contributed by atoms with Gasteiger partial charge in [0.25, 0.3) is 0 Å². The molecule has 7 heteroatoms. The van der Waals surface area contributed by atoms with Gasteiger partial charge in [-0.05, 0) is 41.5 Å². The molecule has 0 aromatic heterocycles. The largest absolute Gasteiger partial charge is 0.493 e. The van der Waals surface area contributed by atoms with Gasteiger partial charge in [-0.3, -0.25) is 4.99 Å². The summed E-state index contributed by atoms with van der Waals surface area (Å²) in [6, 6.07) is 10.5. The van der Waals surface area contributed by atoms with Crippen LogP contribution >= 0.6 is 15.9 Å². The zero-order valence-corrected chi connectivity index (χ0v) is 16.0. The SMILES string of the molecule is CN=C(NCc1cc(F)cc(Br)c1)NCc1ccc(OC)c(OC)c1. The van der Waals surface area contributed by atoms with Crippen LogP contribution in [-0.4, -0.2) is 27.2 Å². The highest BCUT2D eigenvalue weighted by Gasteiger charge is 2.06. The van der Waals surface area contributed by atoms with Crippen LogP contribution < -0.4 is 20.1 Å². The normalized spacial score (nSPS) is 11.2. The van der Waals surface area contributed by atoms with Crippen molar-refractivity contribution in [2.75, 3.05) is 21.3 Å². The molecule has 2 rings (SSSR count). The predicted octanol–water partition coefficient (Wildman–Crippen LogP) is 3.47. The van der Waals surface area contributed by atoms with Gasteiger partial charge in [0.15, 0.2) is 17.5 Å². The van der Waals surface area contributed by atoms with Crippen LogP contribution in [-0.2, 0) is 13.1 Å². The van der Waals surface area contributed by atoms with Gasteiger partial charge in [-0.1, -0.05) is 22.0 Å². The maximum absolute atomic E-state index is 13.4. The molecule has 0 saturated heterocycles. The van der Waals surface area contributed by atoms with Crippen molar-refractivity contribution in [3.8, 4) is 11.5 Å². The zero-order valence-electron chi connectivity index (χ0n) is 14.4. The van der Waals surface area contributed by atoms with Crippen LogP contribution in [0.2, 0.25) is 0 Å². The van der Waals surface area contributed by atoms with Gasteiger partial charge in [0.2, 0.25) is 0 Å². The number of benzene rings is 2. The number of nitrogens with zero attached hydrogens (tertiary/aromatic N) is 1. The van der Waals surface area contributed by atoms with Crippen LogP contribution in [0.3, 0.4) is 0 Å². The van der Waals surface area contributed by atoms with Crippen molar-refractivity contribution < 1.29 is 13.9 Å². The minimum absolute atomic E-state index is 0.278. The number of methoxy groups -OCH3 is 2. The molecule has 0 aliphatic carbocycles. The van der Waals surface area contributed by atoms with Gasteiger partial charge in [0.05, 0.1) is 14.2 Å². The first-order valence-corrected chi connectivity index (χ1v) is 8.45. The first-order valence-electron chi connectivity index (χ1n) is 7.66. The van der Waals surface area contributed by atoms with E-state index in [9.17, 15) is 4.39 Å². The van der Waals surface area contributed by atoms with Crippen molar-refractivity contribution >= 4 is 21.9 Å². The summed E-state index contributed by atoms with van der Waals surface area (Å²) in [6.07, 6.45) is 0. The van der Waals surface area contributed by atoms with Gasteiger partial charge in [0, 0.05) is 24.6 Å². The van der Waals surface area contributed by atoms with Crippen LogP contribution in [0.15, 0.2) is 45.9 Å². The molecular weight excluding hydrogens is 389 g/mol. The van der Waals surface area contributed by atoms with Gasteiger partial charge in [-0.25, -0.2) is 4.39 Å². The fraction of sp³-hybridized carbons (Fsp3) is 0.278. The summed E-state index contributed by atoms with van der Waals surface area (Å²) in [5.41, 5.74) is 1.84. The van der Waals surface area contributed by atoms with E-state index in [4.69, 9.17) is 9.47 Å². The lowest BCUT2D eigenvalue weighted by molar-refractivity contribution is 0.354. The van der Waals surface area contributed by atoms with E-state index in [-0.39, 0.29) is 5.82 Å². The van der Waals surface area contributed by atoms with E-state index in [0.29, 0.717) is 35.0 Å². The monoisotopic (exact) mass is 409 g/mol. The van der Waals surface area contributed by atoms with Gasteiger partial charge >= 0.3 is 0 Å². The number of halogens is 2. The van der Waals surface area contributed by atoms with E-state index in [1.54, 1.807) is 21.3 Å². The Bertz CT molecular complexity index is 733. The zero-order chi connectivity index (χ0) is 18.2. The smallest absolute Gasteiger partial charge is 0.191 e. The van der Waals surface area contributed by atoms with Gasteiger partial charge < -0.3 is 20.1 Å². The minimum Gasteiger partial charge on any atom is -0.493 e. The fourth-order valence-corrected chi connectivity index (χ4v) is 2.81. The van der Waals surface area contributed by atoms with E-state index < -0.39 is 0 Å². The number of ether oxygens (including phenoxy) is 2. The number of hydrogen-bond donors (Lipinski definition) is 2. The highest BCUT2D eigenvalue weighted by Crippen LogP contribution is 2.27. The second-order valence-electron chi connectivity index (χ2n) is 5.25. The van der Waals surface area contributed by atoms with Crippen LogP contribution in [0.1, 0.15) is 11.1 Å². The van der Waals surface area contributed by atoms with E-state index in [1.807, 2.05) is 24.3 Å². The molecule has 0 saturated carbocycles. The van der Waals surface area contributed by atoms with Crippen LogP contribution in [0.5, 0.6) is 11.5 Å². The Hall–Kier alpha value is -2.28. The molecule has 0 bridgehead atoms. The Labute approximate surface area is 155 Å². The fourth-order valence-electron chi connectivity index (χ4n) is 2.30. The lowest BCUT2D eigenvalue weighted by Crippen LogP contribution is -2.36. The summed E-state index contributed by atoms with van der Waals surface area (Å²) in [4.78, 5) is 4.17. The average molecular weight is 410 g/mol. The third-order valence-electron chi connectivity index (χ3n) is 3.51. The molecule has 2 aromatic carbocycles. The van der Waals surface area contributed by atoms with Crippen LogP contribution in [0, 0.1) is 5.82 Å². The summed E-state index contributed by atoms with van der Waals surface area (Å²) < 4.78 is 24.6. The first kappa shape index (κ1) is 19.1. The van der Waals surface area contributed by atoms with Gasteiger partial charge in [-0.15, -0.1) is 0 Å². The lowest BCUT2D eigenvalue weighted by Gasteiger charge is -2.14. The molecule has 0 aliphatic rings. The van der Waals surface area contributed by atoms with Crippen molar-refractivity contribution in [1.29, 1.82) is 0 Å². The third kappa shape index (κ3) is 5.63. The Kier molecular flexibility index (Phi) is 7.06. The van der Waals surface area contributed by atoms with Crippen LogP contribution in [0.25, 0.3) is 0 Å². The Balaban J connectivity index is 1.94. The maximum Gasteiger partial charge on any atom is 0.191 e. The van der Waals surface area contributed by atoms with Crippen molar-refractivity contribution in [2.45, 2.75) is 13.1 Å². The Morgan fingerprint density at radius 2 is 1.68 bits per heavy atom. The average Bonchev–Trinajstić information content (AvgIpc) is 2.60. The van der Waals surface area contributed by atoms with Crippen molar-refractivity contribution in [1.82, 2.24) is 10.6 Å². The van der Waals surface area contributed by atoms with Crippen molar-refractivity contribution in [3.05, 3.63) is 57.8 Å². The number of nitrogens with one attached hydrogen (secondary N) is 2. The molecule has 0 spiro atoms. The molecule has 134 valence electrons. The second-order valence-corrected chi connectivity index (χ2v) is 6.16. The van der Waals surface area contributed by atoms with Crippen molar-refractivity contribution in [3.63, 3.8) is 0 Å². The molecule has 0 aliphatic heterocycles. The minimum atomic E-state index is -0.278. The van der Waals surface area contributed by atoms with Gasteiger partial charge in [-0.2, -0.15) is 0 Å². The summed E-state index contributed by atoms with van der Waals surface area (Å²) >= 11 is 3.29. The Morgan fingerprint density at radius 3 is 2.28 bits per heavy atom. The highest BCUT2D eigenvalue weighted by atomic mass is 79.9. The molecule has 5 nitrogen and oxygen atoms in total. The number of rotatable bonds is 6. The topological polar surface area (TPSA) is 54.9 Å². The highest BCUT2D eigenvalue weighted by molar-refractivity contribution is 9.10. The van der Waals surface area contributed by atoms with Crippen LogP contribution in [0.4, 0.5) is 4.39 Å². The molecule has 0 fully saturated rings. The molecule has 0 unspecified atom stereocenters. The summed E-state index contributed by atoms with van der Waals surface area (Å²) in [5.74, 6) is 1.70. The van der Waals surface area contributed by atoms with Gasteiger partial charge in [0.1, 0.15) is 5.82 Å². The lowest BCUT2D eigenvalue weighted by atomic mass is 10.2. The molecule has 25 heavy (non-hydrogen) atoms. The summed E-state index contributed by atoms with van der Waals surface area (Å²) in [6.45, 7) is 1.02. The van der Waals surface area contributed by atoms with Crippen molar-refractivity contribution in [2.24, 2.45) is 4.99 Å². The van der Waals surface area contributed by atoms with E-state index >= 15 is 0 Å². The second kappa shape index (κ2) is 9.27. The molecular formula is C18H21BrFN3O2. The number of aliphatic imine (C=N–C) groups is 1. The molecule has 0 atom stereocenters. The third-order valence-corrected chi connectivity index (χ3v) is 3.97. The van der Waals surface area contributed by atoms with E-state index in [0.717, 1.165) is 11.1 Å². The summed E-state index contributed by atoms with van der Waals surface area (Å²) in [7, 11) is 4.89. The number of guanidine groups is 1. The molecule has 0 radical (unpaired) electrons.